The molecule has 0 aromatic heterocycles. The molecule has 0 radical (unpaired) electrons. The predicted octanol–water partition coefficient (Wildman–Crippen LogP) is 5.68. The molecule has 3 fully saturated rings. The van der Waals surface area contributed by atoms with E-state index in [2.05, 4.69) is 9.80 Å². The molecule has 0 unspecified atom stereocenters. The Hall–Kier alpha value is -3.02. The number of aromatic hydroxyl groups is 3. The summed E-state index contributed by atoms with van der Waals surface area (Å²) in [7, 11) is 0. The monoisotopic (exact) mass is 430 g/mol. The van der Waals surface area contributed by atoms with Gasteiger partial charge in [-0.15, -0.1) is 0 Å². The Morgan fingerprint density at radius 1 is 0.469 bits per heavy atom. The fourth-order valence-corrected chi connectivity index (χ4v) is 5.59. The molecule has 0 aliphatic carbocycles. The molecule has 0 amide bonds. The fourth-order valence-electron chi connectivity index (χ4n) is 5.59. The van der Waals surface area contributed by atoms with Crippen LogP contribution < -0.4 is 0 Å². The Labute approximate surface area is 189 Å². The zero-order chi connectivity index (χ0) is 23.1. The van der Waals surface area contributed by atoms with Crippen LogP contribution in [0.5, 0.6) is 17.2 Å². The maximum atomic E-state index is 10.8. The summed E-state index contributed by atoms with van der Waals surface area (Å²) >= 11 is 0. The molecule has 5 heteroatoms. The third kappa shape index (κ3) is 2.78. The van der Waals surface area contributed by atoms with Crippen LogP contribution in [-0.2, 0) is 0 Å². The van der Waals surface area contributed by atoms with Crippen LogP contribution in [0, 0.1) is 41.5 Å². The molecule has 0 atom stereocenters. The van der Waals surface area contributed by atoms with Crippen molar-refractivity contribution >= 4 is 0 Å². The number of hydrogen-bond acceptors (Lipinski definition) is 5. The maximum Gasteiger partial charge on any atom is 0.124 e. The molecule has 3 saturated heterocycles. The van der Waals surface area contributed by atoms with Crippen LogP contribution in [0.4, 0.5) is 0 Å². The first-order valence-corrected chi connectivity index (χ1v) is 11.1. The number of nitrogens with zero attached hydrogens (tertiary/aromatic N) is 2. The molecule has 32 heavy (non-hydrogen) atoms. The van der Waals surface area contributed by atoms with Crippen LogP contribution in [0.1, 0.15) is 68.6 Å². The number of phenols is 3. The molecule has 0 saturated carbocycles. The lowest BCUT2D eigenvalue weighted by Crippen LogP contribution is -2.76. The Morgan fingerprint density at radius 3 is 0.969 bits per heavy atom. The molecule has 5 nitrogen and oxygen atoms in total. The highest BCUT2D eigenvalue weighted by Gasteiger charge is 2.67. The van der Waals surface area contributed by atoms with Crippen LogP contribution in [0.15, 0.2) is 36.4 Å². The van der Waals surface area contributed by atoms with Crippen molar-refractivity contribution in [2.45, 2.75) is 60.0 Å². The van der Waals surface area contributed by atoms with Gasteiger partial charge in [0, 0.05) is 16.7 Å². The summed E-state index contributed by atoms with van der Waals surface area (Å²) in [6.07, 6.45) is -0.322. The Morgan fingerprint density at radius 2 is 0.719 bits per heavy atom. The largest absolute Gasteiger partial charge is 0.507 e. The highest BCUT2D eigenvalue weighted by Crippen LogP contribution is 2.70. The van der Waals surface area contributed by atoms with E-state index in [1.807, 2.05) is 77.9 Å². The van der Waals surface area contributed by atoms with Gasteiger partial charge in [0.2, 0.25) is 0 Å². The quantitative estimate of drug-likeness (QED) is 0.499. The van der Waals surface area contributed by atoms with E-state index in [9.17, 15) is 15.3 Å². The number of benzene rings is 3. The van der Waals surface area contributed by atoms with Crippen molar-refractivity contribution in [2.75, 3.05) is 0 Å². The fraction of sp³-hybridized carbons (Fsp3) is 0.333. The minimum Gasteiger partial charge on any atom is -0.507 e. The second-order valence-corrected chi connectivity index (χ2v) is 9.57. The lowest BCUT2D eigenvalue weighted by Gasteiger charge is -2.75. The molecule has 0 spiro atoms. The predicted molar refractivity (Wildman–Crippen MR) is 125 cm³/mol. The van der Waals surface area contributed by atoms with E-state index in [1.54, 1.807) is 0 Å². The molecule has 3 aromatic rings. The van der Waals surface area contributed by atoms with Gasteiger partial charge in [-0.2, -0.15) is 0 Å². The van der Waals surface area contributed by atoms with Gasteiger partial charge in [-0.25, -0.2) is 9.80 Å². The van der Waals surface area contributed by atoms with E-state index >= 15 is 0 Å². The molecule has 6 rings (SSSR count). The summed E-state index contributed by atoms with van der Waals surface area (Å²) in [5.74, 6) is 0.922. The van der Waals surface area contributed by atoms with Crippen LogP contribution in [-0.4, -0.2) is 25.1 Å². The molecule has 3 N–H and O–H groups in total. The standard InChI is InChI=1S/C27H30N2O3/c1-13-7-16(4)22(30)19(10-13)25-28-26(20-11-14(2)8-17(5)23(20)31)29(25)27(28)21-12-15(3)9-18(6)24(21)32/h7-12,25-27,30-32H,1-6H3. The summed E-state index contributed by atoms with van der Waals surface area (Å²) in [5, 5.41) is 32.5. The van der Waals surface area contributed by atoms with E-state index in [0.717, 1.165) is 50.1 Å². The summed E-state index contributed by atoms with van der Waals surface area (Å²) in [4.78, 5) is 4.55. The second-order valence-electron chi connectivity index (χ2n) is 9.57. The summed E-state index contributed by atoms with van der Waals surface area (Å²) in [5.41, 5.74) is 8.44. The van der Waals surface area contributed by atoms with Gasteiger partial charge in [-0.3, -0.25) is 0 Å². The molecule has 3 aromatic carbocycles. The Kier molecular flexibility index (Phi) is 4.56. The van der Waals surface area contributed by atoms with Crippen molar-refractivity contribution in [1.29, 1.82) is 0 Å². The van der Waals surface area contributed by atoms with Crippen molar-refractivity contribution in [1.82, 2.24) is 9.80 Å². The third-order valence-corrected chi connectivity index (χ3v) is 6.95. The SMILES string of the molecule is Cc1cc(C)c(O)c(C2N3C(c4cc(C)cc(C)c4O)N2C3c2cc(C)cc(C)c2O)c1. The van der Waals surface area contributed by atoms with Gasteiger partial charge >= 0.3 is 0 Å². The topological polar surface area (TPSA) is 67.2 Å². The van der Waals surface area contributed by atoms with E-state index in [-0.39, 0.29) is 18.5 Å². The lowest BCUT2D eigenvalue weighted by atomic mass is 9.82. The van der Waals surface area contributed by atoms with Gasteiger partial charge in [0.05, 0.1) is 18.5 Å². The third-order valence-electron chi connectivity index (χ3n) is 6.95. The minimum atomic E-state index is -0.107. The average Bonchev–Trinajstić information content (AvgIpc) is 2.65. The average molecular weight is 431 g/mol. The number of aryl methyl sites for hydroxylation is 6. The Bertz CT molecular complexity index is 1100. The zero-order valence-corrected chi connectivity index (χ0v) is 19.4. The summed E-state index contributed by atoms with van der Waals surface area (Å²) in [6, 6.07) is 12.0. The van der Waals surface area contributed by atoms with Crippen LogP contribution in [0.25, 0.3) is 0 Å². The lowest BCUT2D eigenvalue weighted by molar-refractivity contribution is -0.391. The molecule has 3 aliphatic heterocycles. The van der Waals surface area contributed by atoms with Gasteiger partial charge < -0.3 is 15.3 Å². The van der Waals surface area contributed by atoms with Gasteiger partial charge in [-0.1, -0.05) is 34.9 Å². The first-order valence-electron chi connectivity index (χ1n) is 11.1. The molecular weight excluding hydrogens is 400 g/mol. The van der Waals surface area contributed by atoms with Gasteiger partial charge in [0.25, 0.3) is 0 Å². The molecular formula is C27H30N2O3. The van der Waals surface area contributed by atoms with Crippen molar-refractivity contribution in [3.05, 3.63) is 86.5 Å². The van der Waals surface area contributed by atoms with E-state index < -0.39 is 0 Å². The first kappa shape index (κ1) is 20.9. The zero-order valence-electron chi connectivity index (χ0n) is 19.4. The number of phenolic OH excluding ortho intramolecular Hbond substituents is 3. The molecule has 166 valence electrons. The highest BCUT2D eigenvalue weighted by atomic mass is 16.3. The van der Waals surface area contributed by atoms with Crippen LogP contribution >= 0.6 is 0 Å². The van der Waals surface area contributed by atoms with Gasteiger partial charge in [-0.05, 0) is 76.4 Å². The summed E-state index contributed by atoms with van der Waals surface area (Å²) in [6.45, 7) is 11.9. The van der Waals surface area contributed by atoms with Crippen LogP contribution in [0.3, 0.4) is 0 Å². The maximum absolute atomic E-state index is 10.8. The highest BCUT2D eigenvalue weighted by molar-refractivity contribution is 5.53. The van der Waals surface area contributed by atoms with E-state index in [0.29, 0.717) is 17.2 Å². The number of rotatable bonds is 3. The normalized spacial score (nSPS) is 25.9. The summed E-state index contributed by atoms with van der Waals surface area (Å²) < 4.78 is 0. The molecule has 3 aliphatic rings. The van der Waals surface area contributed by atoms with Crippen molar-refractivity contribution < 1.29 is 15.3 Å². The van der Waals surface area contributed by atoms with Gasteiger partial charge in [0.15, 0.2) is 0 Å². The van der Waals surface area contributed by atoms with Crippen molar-refractivity contribution in [3.8, 4) is 17.2 Å². The van der Waals surface area contributed by atoms with Gasteiger partial charge in [0.1, 0.15) is 17.2 Å². The number of hydrogen-bond donors (Lipinski definition) is 3. The molecule has 3 heterocycles. The van der Waals surface area contributed by atoms with Crippen molar-refractivity contribution in [2.24, 2.45) is 0 Å². The van der Waals surface area contributed by atoms with E-state index in [1.165, 1.54) is 0 Å². The minimum absolute atomic E-state index is 0.107. The van der Waals surface area contributed by atoms with Crippen molar-refractivity contribution in [3.63, 3.8) is 0 Å². The molecule has 2 bridgehead atoms. The first-order chi connectivity index (χ1) is 15.1. The van der Waals surface area contributed by atoms with Crippen LogP contribution in [0.2, 0.25) is 0 Å². The second kappa shape index (κ2) is 6.99. The van der Waals surface area contributed by atoms with E-state index in [4.69, 9.17) is 0 Å². The Balaban J connectivity index is 1.62. The smallest absolute Gasteiger partial charge is 0.124 e.